The molecule has 0 aliphatic rings. The van der Waals surface area contributed by atoms with E-state index >= 15 is 0 Å². The van der Waals surface area contributed by atoms with E-state index in [9.17, 15) is 9.59 Å². The van der Waals surface area contributed by atoms with Crippen LogP contribution in [0.5, 0.6) is 0 Å². The topological polar surface area (TPSA) is 112 Å². The summed E-state index contributed by atoms with van der Waals surface area (Å²) in [5.41, 5.74) is 0. The van der Waals surface area contributed by atoms with Crippen molar-refractivity contribution in [1.29, 1.82) is 0 Å². The third-order valence-electron chi connectivity index (χ3n) is 2.40. The number of rotatable bonds is 12. The molecule has 0 aliphatic heterocycles. The Morgan fingerprint density at radius 1 is 0.920 bits per heavy atom. The zero-order valence-corrected chi connectivity index (χ0v) is 15.2. The van der Waals surface area contributed by atoms with Crippen molar-refractivity contribution in [3.05, 3.63) is 25.3 Å². The van der Waals surface area contributed by atoms with E-state index in [1.807, 2.05) is 6.92 Å². The van der Waals surface area contributed by atoms with E-state index in [1.165, 1.54) is 0 Å². The highest BCUT2D eigenvalue weighted by Gasteiger charge is 2.07. The number of ether oxygens (including phenoxy) is 4. The monoisotopic (exact) mass is 362 g/mol. The molecule has 0 fully saturated rings. The highest BCUT2D eigenvalue weighted by atomic mass is 16.6. The van der Waals surface area contributed by atoms with Crippen LogP contribution < -0.4 is 0 Å². The normalized spacial score (nSPS) is 13.5. The summed E-state index contributed by atoms with van der Waals surface area (Å²) in [5.74, 6) is -1.07. The Morgan fingerprint density at radius 3 is 1.72 bits per heavy atom. The quantitative estimate of drug-likeness (QED) is 0.295. The predicted molar refractivity (Wildman–Crippen MR) is 91.9 cm³/mol. The van der Waals surface area contributed by atoms with E-state index in [1.54, 1.807) is 13.8 Å². The number of carbonyl (C=O) groups excluding carboxylic acids is 2. The van der Waals surface area contributed by atoms with Gasteiger partial charge in [0.25, 0.3) is 0 Å². The molecule has 0 aromatic rings. The Hall–Kier alpha value is -1.74. The van der Waals surface area contributed by atoms with Crippen molar-refractivity contribution in [3.63, 3.8) is 0 Å². The fourth-order valence-electron chi connectivity index (χ4n) is 1.11. The molecule has 0 saturated carbocycles. The minimum atomic E-state index is -0.537. The van der Waals surface area contributed by atoms with Crippen molar-refractivity contribution >= 4 is 11.9 Å². The number of esters is 2. The van der Waals surface area contributed by atoms with Crippen LogP contribution in [0.3, 0.4) is 0 Å². The third kappa shape index (κ3) is 20.2. The number of aliphatic hydroxyl groups is 2. The van der Waals surface area contributed by atoms with E-state index in [2.05, 4.69) is 22.6 Å². The van der Waals surface area contributed by atoms with Gasteiger partial charge in [-0.1, -0.05) is 13.2 Å². The van der Waals surface area contributed by atoms with Gasteiger partial charge >= 0.3 is 11.9 Å². The third-order valence-corrected chi connectivity index (χ3v) is 2.40. The van der Waals surface area contributed by atoms with Gasteiger partial charge in [-0.3, -0.25) is 0 Å². The van der Waals surface area contributed by atoms with Crippen LogP contribution in [-0.4, -0.2) is 73.5 Å². The molecule has 0 radical (unpaired) electrons. The van der Waals surface area contributed by atoms with Gasteiger partial charge in [0.15, 0.2) is 0 Å². The van der Waals surface area contributed by atoms with Crippen molar-refractivity contribution in [3.8, 4) is 0 Å². The second-order valence-corrected chi connectivity index (χ2v) is 5.06. The van der Waals surface area contributed by atoms with Gasteiger partial charge in [-0.15, -0.1) is 0 Å². The highest BCUT2D eigenvalue weighted by molar-refractivity contribution is 5.81. The standard InChI is InChI=1S/C9H20O4.C8H10O4/c1-7(11)5-12-9(3)6-13-8(2)4-10;1-3-7(9)11-5-6-12-8(10)4-2/h7-11H,4-6H2,1-3H3;3-4H,1-2,5-6H2. The van der Waals surface area contributed by atoms with Gasteiger partial charge in [-0.05, 0) is 20.8 Å². The van der Waals surface area contributed by atoms with Crippen LogP contribution in [0.2, 0.25) is 0 Å². The molecule has 8 nitrogen and oxygen atoms in total. The van der Waals surface area contributed by atoms with Crippen LogP contribution in [-0.2, 0) is 28.5 Å². The Balaban J connectivity index is 0. The average Bonchev–Trinajstić information content (AvgIpc) is 2.61. The molecule has 146 valence electrons. The first-order valence-electron chi connectivity index (χ1n) is 7.87. The van der Waals surface area contributed by atoms with Gasteiger partial charge < -0.3 is 29.2 Å². The summed E-state index contributed by atoms with van der Waals surface area (Å²) < 4.78 is 19.5. The molecule has 0 rings (SSSR count). The van der Waals surface area contributed by atoms with E-state index in [0.29, 0.717) is 13.2 Å². The lowest BCUT2D eigenvalue weighted by atomic mass is 10.4. The second kappa shape index (κ2) is 17.1. The maximum atomic E-state index is 10.4. The molecule has 3 atom stereocenters. The smallest absolute Gasteiger partial charge is 0.330 e. The molecule has 8 heteroatoms. The van der Waals surface area contributed by atoms with E-state index in [4.69, 9.17) is 19.7 Å². The first-order chi connectivity index (χ1) is 11.8. The van der Waals surface area contributed by atoms with Crippen molar-refractivity contribution in [2.24, 2.45) is 0 Å². The molecule has 0 aliphatic carbocycles. The summed E-state index contributed by atoms with van der Waals surface area (Å²) in [6, 6.07) is 0. The largest absolute Gasteiger partial charge is 0.459 e. The van der Waals surface area contributed by atoms with Crippen molar-refractivity contribution < 1.29 is 38.7 Å². The fourth-order valence-corrected chi connectivity index (χ4v) is 1.11. The molecular weight excluding hydrogens is 332 g/mol. The minimum Gasteiger partial charge on any atom is -0.459 e. The zero-order valence-electron chi connectivity index (χ0n) is 15.2. The van der Waals surface area contributed by atoms with Crippen LogP contribution >= 0.6 is 0 Å². The number of hydrogen-bond acceptors (Lipinski definition) is 8. The molecule has 0 bridgehead atoms. The molecule has 0 aromatic heterocycles. The van der Waals surface area contributed by atoms with Gasteiger partial charge in [0, 0.05) is 12.2 Å². The summed E-state index contributed by atoms with van der Waals surface area (Å²) in [5, 5.41) is 17.6. The van der Waals surface area contributed by atoms with Crippen molar-refractivity contribution in [2.45, 2.75) is 39.1 Å². The number of hydrogen-bond donors (Lipinski definition) is 2. The van der Waals surface area contributed by atoms with Gasteiger partial charge in [-0.2, -0.15) is 0 Å². The fraction of sp³-hybridized carbons (Fsp3) is 0.647. The average molecular weight is 362 g/mol. The van der Waals surface area contributed by atoms with E-state index < -0.39 is 18.0 Å². The first kappa shape index (κ1) is 25.5. The first-order valence-corrected chi connectivity index (χ1v) is 7.87. The van der Waals surface area contributed by atoms with Crippen LogP contribution in [0.1, 0.15) is 20.8 Å². The van der Waals surface area contributed by atoms with E-state index in [0.717, 1.165) is 12.2 Å². The maximum absolute atomic E-state index is 10.4. The summed E-state index contributed by atoms with van der Waals surface area (Å²) in [4.78, 5) is 20.9. The van der Waals surface area contributed by atoms with Crippen molar-refractivity contribution in [2.75, 3.05) is 33.0 Å². The van der Waals surface area contributed by atoms with Crippen LogP contribution in [0.4, 0.5) is 0 Å². The molecular formula is C17H30O8. The summed E-state index contributed by atoms with van der Waals surface area (Å²) in [7, 11) is 0. The molecule has 2 N–H and O–H groups in total. The Labute approximate surface area is 149 Å². The lowest BCUT2D eigenvalue weighted by molar-refractivity contribution is -0.146. The Morgan fingerprint density at radius 2 is 1.36 bits per heavy atom. The number of carbonyl (C=O) groups is 2. The Bertz CT molecular complexity index is 359. The second-order valence-electron chi connectivity index (χ2n) is 5.06. The zero-order chi connectivity index (χ0) is 19.7. The van der Waals surface area contributed by atoms with E-state index in [-0.39, 0.29) is 32.0 Å². The van der Waals surface area contributed by atoms with Crippen LogP contribution in [0.15, 0.2) is 25.3 Å². The molecule has 0 spiro atoms. The molecule has 0 aromatic carbocycles. The molecule has 0 amide bonds. The molecule has 3 unspecified atom stereocenters. The van der Waals surface area contributed by atoms with Gasteiger partial charge in [0.05, 0.1) is 38.1 Å². The summed E-state index contributed by atoms with van der Waals surface area (Å²) in [6.45, 7) is 12.6. The predicted octanol–water partition coefficient (Wildman–Crippen LogP) is 0.615. The van der Waals surface area contributed by atoms with Gasteiger partial charge in [0.2, 0.25) is 0 Å². The molecule has 25 heavy (non-hydrogen) atoms. The minimum absolute atomic E-state index is 0.0170. The number of aliphatic hydroxyl groups excluding tert-OH is 2. The van der Waals surface area contributed by atoms with Gasteiger partial charge in [0.1, 0.15) is 13.2 Å². The molecule has 0 saturated heterocycles. The highest BCUT2D eigenvalue weighted by Crippen LogP contribution is 1.97. The Kier molecular flexibility index (Phi) is 17.4. The van der Waals surface area contributed by atoms with Crippen LogP contribution in [0.25, 0.3) is 0 Å². The van der Waals surface area contributed by atoms with Gasteiger partial charge in [-0.25, -0.2) is 9.59 Å². The lowest BCUT2D eigenvalue weighted by Gasteiger charge is -2.16. The van der Waals surface area contributed by atoms with Crippen molar-refractivity contribution in [1.82, 2.24) is 0 Å². The SMILES string of the molecule is C=CC(=O)OCCOC(=O)C=C.CC(O)COC(C)COC(C)CO. The summed E-state index contributed by atoms with van der Waals surface area (Å²) in [6.07, 6.45) is 1.42. The van der Waals surface area contributed by atoms with Crippen LogP contribution in [0, 0.1) is 0 Å². The molecule has 0 heterocycles. The lowest BCUT2D eigenvalue weighted by Crippen LogP contribution is -2.24. The maximum Gasteiger partial charge on any atom is 0.330 e. The summed E-state index contributed by atoms with van der Waals surface area (Å²) >= 11 is 0.